The van der Waals surface area contributed by atoms with Gasteiger partial charge in [-0.3, -0.25) is 0 Å². The molecule has 0 aromatic carbocycles. The van der Waals surface area contributed by atoms with E-state index in [0.29, 0.717) is 26.1 Å². The van der Waals surface area contributed by atoms with Gasteiger partial charge in [-0.05, 0) is 6.42 Å². The number of aliphatic hydroxyl groups is 1. The number of ether oxygens (including phenoxy) is 2. The first-order chi connectivity index (χ1) is 5.72. The highest BCUT2D eigenvalue weighted by molar-refractivity contribution is 4.89. The van der Waals surface area contributed by atoms with Crippen molar-refractivity contribution < 1.29 is 14.6 Å². The quantitative estimate of drug-likeness (QED) is 0.523. The highest BCUT2D eigenvalue weighted by Crippen LogP contribution is 2.35. The fourth-order valence-electron chi connectivity index (χ4n) is 1.94. The maximum atomic E-state index is 9.39. The van der Waals surface area contributed by atoms with Gasteiger partial charge in [0.25, 0.3) is 0 Å². The minimum absolute atomic E-state index is 0.197. The predicted octanol–water partition coefficient (Wildman–Crippen LogP) is -0.398. The molecule has 1 aliphatic carbocycles. The second-order valence-electron chi connectivity index (χ2n) is 3.58. The van der Waals surface area contributed by atoms with Crippen LogP contribution in [0.5, 0.6) is 0 Å². The molecule has 1 saturated carbocycles. The van der Waals surface area contributed by atoms with E-state index >= 15 is 0 Å². The van der Waals surface area contributed by atoms with Gasteiger partial charge in [-0.2, -0.15) is 0 Å². The van der Waals surface area contributed by atoms with E-state index in [4.69, 9.17) is 15.2 Å². The van der Waals surface area contributed by atoms with Crippen molar-refractivity contribution in [3.8, 4) is 0 Å². The van der Waals surface area contributed by atoms with Gasteiger partial charge in [0.15, 0.2) is 5.79 Å². The predicted molar refractivity (Wildman–Crippen MR) is 42.5 cm³/mol. The van der Waals surface area contributed by atoms with E-state index in [9.17, 15) is 5.11 Å². The fraction of sp³-hybridized carbons (Fsp3) is 1.00. The van der Waals surface area contributed by atoms with E-state index in [1.807, 2.05) is 0 Å². The minimum Gasteiger partial charge on any atom is -0.392 e. The first kappa shape index (κ1) is 8.44. The zero-order valence-electron chi connectivity index (χ0n) is 7.03. The van der Waals surface area contributed by atoms with Crippen LogP contribution in [0.3, 0.4) is 0 Å². The van der Waals surface area contributed by atoms with Crippen LogP contribution in [0.15, 0.2) is 0 Å². The van der Waals surface area contributed by atoms with Crippen LogP contribution in [0.1, 0.15) is 19.3 Å². The van der Waals surface area contributed by atoms with Gasteiger partial charge in [0, 0.05) is 18.9 Å². The Kier molecular flexibility index (Phi) is 2.08. The Labute approximate surface area is 71.6 Å². The normalized spacial score (nSPS) is 40.5. The summed E-state index contributed by atoms with van der Waals surface area (Å²) in [5.74, 6) is -0.460. The van der Waals surface area contributed by atoms with E-state index < -0.39 is 5.79 Å². The fourth-order valence-corrected chi connectivity index (χ4v) is 1.94. The summed E-state index contributed by atoms with van der Waals surface area (Å²) in [6, 6.07) is -0.197. The molecule has 70 valence electrons. The van der Waals surface area contributed by atoms with Crippen LogP contribution in [-0.4, -0.2) is 36.3 Å². The van der Waals surface area contributed by atoms with Gasteiger partial charge in [-0.25, -0.2) is 0 Å². The minimum atomic E-state index is -0.460. The average molecular weight is 173 g/mol. The van der Waals surface area contributed by atoms with Crippen LogP contribution >= 0.6 is 0 Å². The largest absolute Gasteiger partial charge is 0.392 e. The first-order valence-electron chi connectivity index (χ1n) is 4.43. The molecule has 12 heavy (non-hydrogen) atoms. The number of hydrogen-bond donors (Lipinski definition) is 2. The van der Waals surface area contributed by atoms with Gasteiger partial charge in [0.1, 0.15) is 0 Å². The molecule has 2 unspecified atom stereocenters. The molecule has 4 heteroatoms. The molecule has 0 amide bonds. The van der Waals surface area contributed by atoms with E-state index in [1.54, 1.807) is 0 Å². The summed E-state index contributed by atoms with van der Waals surface area (Å²) in [5.41, 5.74) is 5.72. The molecule has 2 rings (SSSR count). The average Bonchev–Trinajstić information content (AvgIpc) is 2.47. The lowest BCUT2D eigenvalue weighted by Gasteiger charge is -2.37. The lowest BCUT2D eigenvalue weighted by Crippen LogP contribution is -2.49. The smallest absolute Gasteiger partial charge is 0.170 e. The van der Waals surface area contributed by atoms with E-state index in [2.05, 4.69) is 0 Å². The summed E-state index contributed by atoms with van der Waals surface area (Å²) in [7, 11) is 0. The van der Waals surface area contributed by atoms with Crippen molar-refractivity contribution in [3.05, 3.63) is 0 Å². The molecule has 1 spiro atoms. The SMILES string of the molecule is NC1CC2(CCC1O)OCCO2. The molecule has 0 aromatic rings. The van der Waals surface area contributed by atoms with Gasteiger partial charge < -0.3 is 20.3 Å². The van der Waals surface area contributed by atoms with Crippen LogP contribution in [0, 0.1) is 0 Å². The standard InChI is InChI=1S/C8H15NO3/c9-6-5-8(2-1-7(6)10)11-3-4-12-8/h6-7,10H,1-5,9H2. The van der Waals surface area contributed by atoms with Crippen molar-refractivity contribution in [1.29, 1.82) is 0 Å². The zero-order valence-corrected chi connectivity index (χ0v) is 7.03. The second kappa shape index (κ2) is 2.96. The van der Waals surface area contributed by atoms with Crippen molar-refractivity contribution in [3.63, 3.8) is 0 Å². The topological polar surface area (TPSA) is 64.7 Å². The van der Waals surface area contributed by atoms with Crippen LogP contribution in [-0.2, 0) is 9.47 Å². The molecular formula is C8H15NO3. The summed E-state index contributed by atoms with van der Waals surface area (Å²) < 4.78 is 11.0. The second-order valence-corrected chi connectivity index (χ2v) is 3.58. The van der Waals surface area contributed by atoms with Crippen LogP contribution in [0.4, 0.5) is 0 Å². The van der Waals surface area contributed by atoms with Gasteiger partial charge >= 0.3 is 0 Å². The van der Waals surface area contributed by atoms with E-state index in [1.165, 1.54) is 0 Å². The molecular weight excluding hydrogens is 158 g/mol. The Hall–Kier alpha value is -0.160. The summed E-state index contributed by atoms with van der Waals surface area (Å²) in [4.78, 5) is 0. The Bertz CT molecular complexity index is 168. The Morgan fingerprint density at radius 3 is 2.58 bits per heavy atom. The molecule has 0 radical (unpaired) electrons. The lowest BCUT2D eigenvalue weighted by atomic mass is 9.88. The molecule has 2 aliphatic rings. The summed E-state index contributed by atoms with van der Waals surface area (Å²) in [5, 5.41) is 9.39. The van der Waals surface area contributed by atoms with Gasteiger partial charge in [-0.15, -0.1) is 0 Å². The third-order valence-corrected chi connectivity index (χ3v) is 2.68. The third kappa shape index (κ3) is 1.35. The maximum Gasteiger partial charge on any atom is 0.170 e. The highest BCUT2D eigenvalue weighted by atomic mass is 16.7. The summed E-state index contributed by atoms with van der Waals surface area (Å²) >= 11 is 0. The molecule has 1 heterocycles. The lowest BCUT2D eigenvalue weighted by molar-refractivity contribution is -0.191. The molecule has 2 fully saturated rings. The highest BCUT2D eigenvalue weighted by Gasteiger charge is 2.43. The number of aliphatic hydroxyl groups excluding tert-OH is 1. The molecule has 0 aromatic heterocycles. The molecule has 3 N–H and O–H groups in total. The molecule has 1 aliphatic heterocycles. The van der Waals surface area contributed by atoms with Crippen molar-refractivity contribution in [2.75, 3.05) is 13.2 Å². The molecule has 4 nitrogen and oxygen atoms in total. The monoisotopic (exact) mass is 173 g/mol. The number of hydrogen-bond acceptors (Lipinski definition) is 4. The maximum absolute atomic E-state index is 9.39. The van der Waals surface area contributed by atoms with E-state index in [-0.39, 0.29) is 12.1 Å². The van der Waals surface area contributed by atoms with Crippen molar-refractivity contribution >= 4 is 0 Å². The first-order valence-corrected chi connectivity index (χ1v) is 4.43. The Balaban J connectivity index is 2.01. The molecule has 0 bridgehead atoms. The van der Waals surface area contributed by atoms with Gasteiger partial charge in [0.05, 0.1) is 19.3 Å². The van der Waals surface area contributed by atoms with Crippen LogP contribution in [0.25, 0.3) is 0 Å². The number of rotatable bonds is 0. The van der Waals surface area contributed by atoms with Crippen molar-refractivity contribution in [2.45, 2.75) is 37.2 Å². The van der Waals surface area contributed by atoms with Gasteiger partial charge in [0.2, 0.25) is 0 Å². The van der Waals surface area contributed by atoms with Gasteiger partial charge in [-0.1, -0.05) is 0 Å². The van der Waals surface area contributed by atoms with Crippen molar-refractivity contribution in [1.82, 2.24) is 0 Å². The van der Waals surface area contributed by atoms with Crippen LogP contribution < -0.4 is 5.73 Å². The molecule has 1 saturated heterocycles. The summed E-state index contributed by atoms with van der Waals surface area (Å²) in [6.07, 6.45) is 1.68. The Morgan fingerprint density at radius 2 is 2.00 bits per heavy atom. The Morgan fingerprint density at radius 1 is 1.33 bits per heavy atom. The number of nitrogens with two attached hydrogens (primary N) is 1. The van der Waals surface area contributed by atoms with Crippen molar-refractivity contribution in [2.24, 2.45) is 5.73 Å². The van der Waals surface area contributed by atoms with Crippen LogP contribution in [0.2, 0.25) is 0 Å². The molecule has 2 atom stereocenters. The zero-order chi connectivity index (χ0) is 8.60. The third-order valence-electron chi connectivity index (χ3n) is 2.68. The van der Waals surface area contributed by atoms with E-state index in [0.717, 1.165) is 6.42 Å². The summed E-state index contributed by atoms with van der Waals surface area (Å²) in [6.45, 7) is 1.31.